The highest BCUT2D eigenvalue weighted by Gasteiger charge is 2.10. The summed E-state index contributed by atoms with van der Waals surface area (Å²) in [6.07, 6.45) is 1.47. The molecule has 0 aromatic carbocycles. The highest BCUT2D eigenvalue weighted by Crippen LogP contribution is 2.19. The summed E-state index contributed by atoms with van der Waals surface area (Å²) in [5.74, 6) is 1.81. The molecule has 2 N–H and O–H groups in total. The van der Waals surface area contributed by atoms with Gasteiger partial charge in [-0.15, -0.1) is 0 Å². The Morgan fingerprint density at radius 2 is 2.26 bits per heavy atom. The molecule has 5 nitrogen and oxygen atoms in total. The van der Waals surface area contributed by atoms with E-state index in [0.29, 0.717) is 28.7 Å². The summed E-state index contributed by atoms with van der Waals surface area (Å²) >= 11 is 5.97. The Hall–Kier alpha value is -2.01. The lowest BCUT2D eigenvalue weighted by molar-refractivity contribution is 0.0947. The molecule has 2 aromatic heterocycles. The predicted molar refractivity (Wildman–Crippen MR) is 73.4 cm³/mol. The summed E-state index contributed by atoms with van der Waals surface area (Å²) < 4.78 is 5.36. The van der Waals surface area contributed by atoms with Crippen molar-refractivity contribution in [2.45, 2.75) is 13.5 Å². The molecule has 100 valence electrons. The van der Waals surface area contributed by atoms with Gasteiger partial charge >= 0.3 is 0 Å². The number of nitrogens with one attached hydrogen (secondary N) is 2. The summed E-state index contributed by atoms with van der Waals surface area (Å²) in [6.45, 7) is 2.18. The largest absolute Gasteiger partial charge is 0.465 e. The second-order valence-corrected chi connectivity index (χ2v) is 4.41. The van der Waals surface area contributed by atoms with Gasteiger partial charge in [-0.3, -0.25) is 4.79 Å². The van der Waals surface area contributed by atoms with E-state index in [0.717, 1.165) is 5.76 Å². The second kappa shape index (κ2) is 5.75. The first-order valence-electron chi connectivity index (χ1n) is 5.77. The molecular formula is C13H14ClN3O2. The van der Waals surface area contributed by atoms with Gasteiger partial charge in [-0.1, -0.05) is 11.6 Å². The lowest BCUT2D eigenvalue weighted by Gasteiger charge is -2.06. The third-order valence-corrected chi connectivity index (χ3v) is 2.85. The van der Waals surface area contributed by atoms with Gasteiger partial charge in [0.05, 0.1) is 17.1 Å². The Morgan fingerprint density at radius 1 is 1.47 bits per heavy atom. The van der Waals surface area contributed by atoms with Gasteiger partial charge in [-0.05, 0) is 25.1 Å². The topological polar surface area (TPSA) is 67.2 Å². The quantitative estimate of drug-likeness (QED) is 0.903. The summed E-state index contributed by atoms with van der Waals surface area (Å²) in [7, 11) is 1.72. The van der Waals surface area contributed by atoms with E-state index in [2.05, 4.69) is 15.6 Å². The SMILES string of the molecule is CNc1ncc(C(=O)NCc2ccc(C)o2)cc1Cl. The fraction of sp³-hybridized carbons (Fsp3) is 0.231. The molecule has 0 aliphatic heterocycles. The summed E-state index contributed by atoms with van der Waals surface area (Å²) in [5.41, 5.74) is 0.410. The number of amides is 1. The molecule has 0 saturated carbocycles. The Kier molecular flexibility index (Phi) is 4.06. The molecule has 6 heteroatoms. The molecule has 19 heavy (non-hydrogen) atoms. The summed E-state index contributed by atoms with van der Waals surface area (Å²) in [6, 6.07) is 5.25. The average molecular weight is 280 g/mol. The van der Waals surface area contributed by atoms with Gasteiger partial charge in [0.25, 0.3) is 5.91 Å². The van der Waals surface area contributed by atoms with E-state index in [1.165, 1.54) is 6.20 Å². The van der Waals surface area contributed by atoms with E-state index in [9.17, 15) is 4.79 Å². The Bertz CT molecular complexity index is 595. The van der Waals surface area contributed by atoms with Crippen LogP contribution in [0.4, 0.5) is 5.82 Å². The van der Waals surface area contributed by atoms with Crippen LogP contribution >= 0.6 is 11.6 Å². The zero-order valence-corrected chi connectivity index (χ0v) is 11.4. The van der Waals surface area contributed by atoms with Crippen molar-refractivity contribution in [3.8, 4) is 0 Å². The first kappa shape index (κ1) is 13.4. The van der Waals surface area contributed by atoms with Gasteiger partial charge in [0, 0.05) is 13.2 Å². The van der Waals surface area contributed by atoms with Crippen LogP contribution in [-0.2, 0) is 6.54 Å². The summed E-state index contributed by atoms with van der Waals surface area (Å²) in [4.78, 5) is 16.0. The van der Waals surface area contributed by atoms with Crippen LogP contribution in [0.15, 0.2) is 28.8 Å². The lowest BCUT2D eigenvalue weighted by atomic mass is 10.2. The number of anilines is 1. The zero-order chi connectivity index (χ0) is 13.8. The molecule has 0 spiro atoms. The molecule has 0 bridgehead atoms. The Labute approximate surface area is 116 Å². The lowest BCUT2D eigenvalue weighted by Crippen LogP contribution is -2.22. The number of hydrogen-bond donors (Lipinski definition) is 2. The number of carbonyl (C=O) groups is 1. The van der Waals surface area contributed by atoms with Crippen LogP contribution in [0.1, 0.15) is 21.9 Å². The normalized spacial score (nSPS) is 10.3. The minimum Gasteiger partial charge on any atom is -0.465 e. The van der Waals surface area contributed by atoms with Crippen LogP contribution in [-0.4, -0.2) is 17.9 Å². The van der Waals surface area contributed by atoms with E-state index in [-0.39, 0.29) is 5.91 Å². The minimum absolute atomic E-state index is 0.244. The predicted octanol–water partition coefficient (Wildman–Crippen LogP) is 2.61. The number of halogens is 1. The number of rotatable bonds is 4. The molecule has 0 aliphatic rings. The maximum absolute atomic E-state index is 11.9. The van der Waals surface area contributed by atoms with Crippen LogP contribution in [0.5, 0.6) is 0 Å². The first-order valence-corrected chi connectivity index (χ1v) is 6.14. The van der Waals surface area contributed by atoms with Crippen molar-refractivity contribution in [1.82, 2.24) is 10.3 Å². The molecule has 0 radical (unpaired) electrons. The monoisotopic (exact) mass is 279 g/mol. The van der Waals surface area contributed by atoms with Gasteiger partial charge in [0.2, 0.25) is 0 Å². The van der Waals surface area contributed by atoms with Crippen molar-refractivity contribution in [1.29, 1.82) is 0 Å². The van der Waals surface area contributed by atoms with Gasteiger partial charge in [0.15, 0.2) is 0 Å². The van der Waals surface area contributed by atoms with Crippen LogP contribution in [0, 0.1) is 6.92 Å². The van der Waals surface area contributed by atoms with Crippen molar-refractivity contribution < 1.29 is 9.21 Å². The first-order chi connectivity index (χ1) is 9.10. The van der Waals surface area contributed by atoms with Crippen molar-refractivity contribution in [2.24, 2.45) is 0 Å². The molecule has 0 fully saturated rings. The molecule has 2 heterocycles. The number of nitrogens with zero attached hydrogens (tertiary/aromatic N) is 1. The van der Waals surface area contributed by atoms with Crippen molar-refractivity contribution in [3.05, 3.63) is 46.5 Å². The van der Waals surface area contributed by atoms with Crippen molar-refractivity contribution in [3.63, 3.8) is 0 Å². The highest BCUT2D eigenvalue weighted by molar-refractivity contribution is 6.33. The number of carbonyl (C=O) groups excluding carboxylic acids is 1. The fourth-order valence-electron chi connectivity index (χ4n) is 1.60. The van der Waals surface area contributed by atoms with Crippen LogP contribution in [0.25, 0.3) is 0 Å². The Balaban J connectivity index is 2.01. The van der Waals surface area contributed by atoms with Gasteiger partial charge < -0.3 is 15.1 Å². The molecule has 0 atom stereocenters. The molecule has 2 rings (SSSR count). The second-order valence-electron chi connectivity index (χ2n) is 4.00. The minimum atomic E-state index is -0.244. The van der Waals surface area contributed by atoms with E-state index >= 15 is 0 Å². The third-order valence-electron chi connectivity index (χ3n) is 2.56. The molecule has 0 aliphatic carbocycles. The van der Waals surface area contributed by atoms with Crippen molar-refractivity contribution in [2.75, 3.05) is 12.4 Å². The fourth-order valence-corrected chi connectivity index (χ4v) is 1.86. The van der Waals surface area contributed by atoms with Crippen LogP contribution < -0.4 is 10.6 Å². The third kappa shape index (κ3) is 3.26. The van der Waals surface area contributed by atoms with Gasteiger partial charge in [-0.2, -0.15) is 0 Å². The summed E-state index contributed by atoms with van der Waals surface area (Å²) in [5, 5.41) is 5.98. The van der Waals surface area contributed by atoms with Crippen LogP contribution in [0.2, 0.25) is 5.02 Å². The van der Waals surface area contributed by atoms with E-state index in [1.807, 2.05) is 19.1 Å². The maximum Gasteiger partial charge on any atom is 0.253 e. The number of furan rings is 1. The standard InChI is InChI=1S/C13H14ClN3O2/c1-8-3-4-10(19-8)7-17-13(18)9-5-11(14)12(15-2)16-6-9/h3-6H,7H2,1-2H3,(H,15,16)(H,17,18). The molecule has 0 saturated heterocycles. The Morgan fingerprint density at radius 3 is 2.84 bits per heavy atom. The molecular weight excluding hydrogens is 266 g/mol. The molecule has 0 unspecified atom stereocenters. The number of pyridine rings is 1. The van der Waals surface area contributed by atoms with Gasteiger partial charge in [-0.25, -0.2) is 4.98 Å². The molecule has 1 amide bonds. The van der Waals surface area contributed by atoms with Gasteiger partial charge in [0.1, 0.15) is 17.3 Å². The van der Waals surface area contributed by atoms with Crippen molar-refractivity contribution >= 4 is 23.3 Å². The number of hydrogen-bond acceptors (Lipinski definition) is 4. The maximum atomic E-state index is 11.9. The highest BCUT2D eigenvalue weighted by atomic mass is 35.5. The number of aryl methyl sites for hydroxylation is 1. The molecule has 2 aromatic rings. The average Bonchev–Trinajstić information content (AvgIpc) is 2.81. The number of aromatic nitrogens is 1. The van der Waals surface area contributed by atoms with Crippen LogP contribution in [0.3, 0.4) is 0 Å². The van der Waals surface area contributed by atoms with E-state index in [4.69, 9.17) is 16.0 Å². The van der Waals surface area contributed by atoms with E-state index in [1.54, 1.807) is 13.1 Å². The smallest absolute Gasteiger partial charge is 0.253 e. The van der Waals surface area contributed by atoms with E-state index < -0.39 is 0 Å². The zero-order valence-electron chi connectivity index (χ0n) is 10.7.